The Morgan fingerprint density at radius 1 is 0.900 bits per heavy atom. The molecule has 0 atom stereocenters. The molecule has 0 aliphatic heterocycles. The van der Waals surface area contributed by atoms with Gasteiger partial charge in [-0.3, -0.25) is 15.1 Å². The number of aromatic nitrogens is 5. The first-order valence-electron chi connectivity index (χ1n) is 9.30. The molecule has 0 radical (unpaired) electrons. The minimum absolute atomic E-state index is 0.165. The van der Waals surface area contributed by atoms with Crippen molar-refractivity contribution in [3.05, 3.63) is 84.4 Å². The van der Waals surface area contributed by atoms with E-state index in [9.17, 15) is 4.79 Å². The van der Waals surface area contributed by atoms with Crippen molar-refractivity contribution in [3.8, 4) is 11.5 Å². The summed E-state index contributed by atoms with van der Waals surface area (Å²) in [5.74, 6) is 1.43. The van der Waals surface area contributed by atoms with Gasteiger partial charge < -0.3 is 4.90 Å². The van der Waals surface area contributed by atoms with Crippen LogP contribution in [0.3, 0.4) is 0 Å². The number of carbonyl (C=O) groups is 1. The highest BCUT2D eigenvalue weighted by atomic mass is 16.1. The van der Waals surface area contributed by atoms with Crippen molar-refractivity contribution in [2.45, 2.75) is 6.92 Å². The maximum absolute atomic E-state index is 12.6. The van der Waals surface area contributed by atoms with E-state index >= 15 is 0 Å². The van der Waals surface area contributed by atoms with Gasteiger partial charge in [-0.2, -0.15) is 9.97 Å². The second kappa shape index (κ2) is 8.44. The Bertz CT molecular complexity index is 1150. The van der Waals surface area contributed by atoms with E-state index in [1.54, 1.807) is 31.3 Å². The smallest absolute Gasteiger partial charge is 0.259 e. The molecule has 0 saturated heterocycles. The van der Waals surface area contributed by atoms with Gasteiger partial charge in [-0.1, -0.05) is 24.3 Å². The third kappa shape index (κ3) is 4.27. The summed E-state index contributed by atoms with van der Waals surface area (Å²) >= 11 is 0. The number of amides is 1. The maximum atomic E-state index is 12.6. The molecule has 30 heavy (non-hydrogen) atoms. The fourth-order valence-electron chi connectivity index (χ4n) is 2.82. The molecule has 3 aromatic heterocycles. The van der Waals surface area contributed by atoms with Crippen LogP contribution in [0.1, 0.15) is 16.2 Å². The maximum Gasteiger partial charge on any atom is 0.259 e. The highest BCUT2D eigenvalue weighted by Gasteiger charge is 2.13. The van der Waals surface area contributed by atoms with Crippen LogP contribution < -0.4 is 10.2 Å². The Balaban J connectivity index is 1.51. The Morgan fingerprint density at radius 3 is 2.40 bits per heavy atom. The summed E-state index contributed by atoms with van der Waals surface area (Å²) in [6.07, 6.45) is 3.18. The van der Waals surface area contributed by atoms with Crippen molar-refractivity contribution in [2.75, 3.05) is 17.3 Å². The number of nitrogens with zero attached hydrogens (tertiary/aromatic N) is 6. The van der Waals surface area contributed by atoms with Crippen LogP contribution in [0.5, 0.6) is 0 Å². The standard InChI is InChI=1S/C22H19N7O/c1-15-25-20(18-10-6-7-13-23-18)27-22(26-15)28-21(30)16-11-12-19(24-14-16)29(2)17-8-4-3-5-9-17/h3-14H,1-2H3,(H,25,26,27,28,30). The van der Waals surface area contributed by atoms with Crippen molar-refractivity contribution in [1.29, 1.82) is 0 Å². The van der Waals surface area contributed by atoms with Gasteiger partial charge in [0, 0.05) is 25.1 Å². The van der Waals surface area contributed by atoms with Crippen molar-refractivity contribution < 1.29 is 4.79 Å². The van der Waals surface area contributed by atoms with Crippen LogP contribution in [0.4, 0.5) is 17.5 Å². The van der Waals surface area contributed by atoms with E-state index in [2.05, 4.69) is 30.2 Å². The third-order valence-electron chi connectivity index (χ3n) is 4.36. The van der Waals surface area contributed by atoms with E-state index in [0.29, 0.717) is 22.9 Å². The molecule has 3 heterocycles. The van der Waals surface area contributed by atoms with Crippen molar-refractivity contribution >= 4 is 23.4 Å². The number of anilines is 3. The zero-order valence-corrected chi connectivity index (χ0v) is 16.5. The van der Waals surface area contributed by atoms with Crippen LogP contribution in [0, 0.1) is 6.92 Å². The Morgan fingerprint density at radius 2 is 1.70 bits per heavy atom. The van der Waals surface area contributed by atoms with Gasteiger partial charge in [-0.15, -0.1) is 0 Å². The molecule has 0 aliphatic rings. The van der Waals surface area contributed by atoms with Gasteiger partial charge in [0.05, 0.1) is 5.56 Å². The Hall–Kier alpha value is -4.20. The van der Waals surface area contributed by atoms with Crippen LogP contribution in [-0.4, -0.2) is 37.9 Å². The quantitative estimate of drug-likeness (QED) is 0.549. The van der Waals surface area contributed by atoms with Gasteiger partial charge >= 0.3 is 0 Å². The first-order chi connectivity index (χ1) is 14.6. The molecule has 0 unspecified atom stereocenters. The molecule has 0 spiro atoms. The molecular weight excluding hydrogens is 378 g/mol. The number of benzene rings is 1. The topological polar surface area (TPSA) is 96.8 Å². The summed E-state index contributed by atoms with van der Waals surface area (Å²) in [4.78, 5) is 36.0. The van der Waals surface area contributed by atoms with Gasteiger partial charge in [0.25, 0.3) is 5.91 Å². The van der Waals surface area contributed by atoms with Gasteiger partial charge in [0.15, 0.2) is 5.82 Å². The zero-order chi connectivity index (χ0) is 20.9. The summed E-state index contributed by atoms with van der Waals surface area (Å²) in [7, 11) is 1.92. The third-order valence-corrected chi connectivity index (χ3v) is 4.36. The second-order valence-electron chi connectivity index (χ2n) is 6.50. The number of nitrogens with one attached hydrogen (secondary N) is 1. The highest BCUT2D eigenvalue weighted by molar-refractivity contribution is 6.03. The lowest BCUT2D eigenvalue weighted by molar-refractivity contribution is 0.102. The number of para-hydroxylation sites is 1. The Kier molecular flexibility index (Phi) is 5.38. The molecule has 0 fully saturated rings. The van der Waals surface area contributed by atoms with Crippen molar-refractivity contribution in [2.24, 2.45) is 0 Å². The molecule has 8 heteroatoms. The number of aryl methyl sites for hydroxylation is 1. The lowest BCUT2D eigenvalue weighted by Crippen LogP contribution is -2.17. The first kappa shape index (κ1) is 19.1. The summed E-state index contributed by atoms with van der Waals surface area (Å²) < 4.78 is 0. The van der Waals surface area contributed by atoms with E-state index < -0.39 is 0 Å². The van der Waals surface area contributed by atoms with E-state index in [-0.39, 0.29) is 11.9 Å². The van der Waals surface area contributed by atoms with Crippen LogP contribution >= 0.6 is 0 Å². The molecule has 4 rings (SSSR count). The molecule has 8 nitrogen and oxygen atoms in total. The van der Waals surface area contributed by atoms with Gasteiger partial charge in [0.2, 0.25) is 5.95 Å². The van der Waals surface area contributed by atoms with Crippen LogP contribution in [0.2, 0.25) is 0 Å². The molecule has 1 aromatic carbocycles. The molecule has 1 amide bonds. The molecule has 148 valence electrons. The molecule has 0 aliphatic carbocycles. The molecule has 1 N–H and O–H groups in total. The fourth-order valence-corrected chi connectivity index (χ4v) is 2.82. The van der Waals surface area contributed by atoms with Gasteiger partial charge in [-0.25, -0.2) is 9.97 Å². The number of carbonyl (C=O) groups excluding carboxylic acids is 1. The summed E-state index contributed by atoms with van der Waals surface area (Å²) in [6.45, 7) is 1.74. The number of rotatable bonds is 5. The van der Waals surface area contributed by atoms with Gasteiger partial charge in [0.1, 0.15) is 17.3 Å². The van der Waals surface area contributed by atoms with Crippen molar-refractivity contribution in [3.63, 3.8) is 0 Å². The number of pyridine rings is 2. The average Bonchev–Trinajstić information content (AvgIpc) is 2.79. The monoisotopic (exact) mass is 397 g/mol. The lowest BCUT2D eigenvalue weighted by atomic mass is 10.2. The normalized spacial score (nSPS) is 10.5. The molecular formula is C22H19N7O. The minimum atomic E-state index is -0.353. The lowest BCUT2D eigenvalue weighted by Gasteiger charge is -2.18. The molecule has 0 saturated carbocycles. The predicted molar refractivity (Wildman–Crippen MR) is 114 cm³/mol. The van der Waals surface area contributed by atoms with Crippen LogP contribution in [0.25, 0.3) is 11.5 Å². The van der Waals surface area contributed by atoms with E-state index in [4.69, 9.17) is 0 Å². The molecule has 4 aromatic rings. The van der Waals surface area contributed by atoms with E-state index in [0.717, 1.165) is 11.5 Å². The minimum Gasteiger partial charge on any atom is -0.329 e. The molecule has 0 bridgehead atoms. The summed E-state index contributed by atoms with van der Waals surface area (Å²) in [5, 5.41) is 2.71. The SMILES string of the molecule is Cc1nc(NC(=O)c2ccc(N(C)c3ccccc3)nc2)nc(-c2ccccn2)n1. The highest BCUT2D eigenvalue weighted by Crippen LogP contribution is 2.21. The largest absolute Gasteiger partial charge is 0.329 e. The zero-order valence-electron chi connectivity index (χ0n) is 16.5. The van der Waals surface area contributed by atoms with Gasteiger partial charge in [-0.05, 0) is 43.3 Å². The van der Waals surface area contributed by atoms with Crippen molar-refractivity contribution in [1.82, 2.24) is 24.9 Å². The summed E-state index contributed by atoms with van der Waals surface area (Å²) in [6, 6.07) is 18.8. The number of hydrogen-bond acceptors (Lipinski definition) is 7. The summed E-state index contributed by atoms with van der Waals surface area (Å²) in [5.41, 5.74) is 2.01. The van der Waals surface area contributed by atoms with E-state index in [1.807, 2.05) is 54.4 Å². The van der Waals surface area contributed by atoms with Crippen LogP contribution in [0.15, 0.2) is 73.1 Å². The predicted octanol–water partition coefficient (Wildman–Crippen LogP) is 3.66. The van der Waals surface area contributed by atoms with E-state index in [1.165, 1.54) is 6.20 Å². The van der Waals surface area contributed by atoms with Crippen LogP contribution in [-0.2, 0) is 0 Å². The fraction of sp³-hybridized carbons (Fsp3) is 0.0909. The average molecular weight is 397 g/mol. The number of hydrogen-bond donors (Lipinski definition) is 1. The first-order valence-corrected chi connectivity index (χ1v) is 9.30. The Labute approximate surface area is 173 Å². The second-order valence-corrected chi connectivity index (χ2v) is 6.50.